The SMILES string of the molecule is CC(C)C(CC(C)(C)C(CC(C)(C)C(CC(C)(C)C(C)c1ccccc1)c1ccccc1)c1ccc(C(=O)O)cc1)c1ccc(C(=O)O)cc1. The maximum atomic E-state index is 11.9. The fraction of sp³-hybridized carbons (Fsp3) is 0.435. The van der Waals surface area contributed by atoms with Crippen LogP contribution in [-0.2, 0) is 0 Å². The third-order valence-electron chi connectivity index (χ3n) is 11.7. The number of carboxylic acids is 2. The van der Waals surface area contributed by atoms with Crippen LogP contribution in [-0.4, -0.2) is 22.2 Å². The zero-order valence-electron chi connectivity index (χ0n) is 31.6. The number of aromatic carboxylic acids is 2. The van der Waals surface area contributed by atoms with Gasteiger partial charge in [-0.2, -0.15) is 0 Å². The normalized spacial score (nSPS) is 14.9. The predicted octanol–water partition coefficient (Wildman–Crippen LogP) is 12.4. The first-order chi connectivity index (χ1) is 23.4. The number of carbonyl (C=O) groups is 2. The van der Waals surface area contributed by atoms with Crippen LogP contribution in [0.3, 0.4) is 0 Å². The molecule has 0 spiro atoms. The van der Waals surface area contributed by atoms with Crippen LogP contribution in [0.4, 0.5) is 0 Å². The molecular weight excluding hydrogens is 617 g/mol. The molecule has 4 heteroatoms. The van der Waals surface area contributed by atoms with E-state index in [1.165, 1.54) is 11.1 Å². The van der Waals surface area contributed by atoms with Crippen LogP contribution in [0.5, 0.6) is 0 Å². The Hall–Kier alpha value is -4.18. The van der Waals surface area contributed by atoms with Gasteiger partial charge in [-0.25, -0.2) is 9.59 Å². The van der Waals surface area contributed by atoms with Gasteiger partial charge in [0.15, 0.2) is 0 Å². The first-order valence-electron chi connectivity index (χ1n) is 18.2. The summed E-state index contributed by atoms with van der Waals surface area (Å²) >= 11 is 0. The van der Waals surface area contributed by atoms with Crippen molar-refractivity contribution in [3.63, 3.8) is 0 Å². The molecule has 0 heterocycles. The zero-order chi connectivity index (χ0) is 36.9. The Labute approximate surface area is 301 Å². The molecule has 0 aliphatic carbocycles. The lowest BCUT2D eigenvalue weighted by Crippen LogP contribution is -2.35. The molecule has 4 aromatic rings. The maximum absolute atomic E-state index is 11.9. The summed E-state index contributed by atoms with van der Waals surface area (Å²) in [7, 11) is 0. The third kappa shape index (κ3) is 9.33. The number of hydrogen-bond donors (Lipinski definition) is 2. The van der Waals surface area contributed by atoms with Gasteiger partial charge in [-0.1, -0.05) is 147 Å². The Kier molecular flexibility index (Phi) is 12.2. The van der Waals surface area contributed by atoms with E-state index in [0.29, 0.717) is 23.0 Å². The van der Waals surface area contributed by atoms with Gasteiger partial charge in [0.05, 0.1) is 11.1 Å². The molecule has 4 aromatic carbocycles. The highest BCUT2D eigenvalue weighted by Crippen LogP contribution is 2.55. The van der Waals surface area contributed by atoms with Gasteiger partial charge in [-0.3, -0.25) is 0 Å². The van der Waals surface area contributed by atoms with E-state index < -0.39 is 11.9 Å². The minimum absolute atomic E-state index is 0.0120. The van der Waals surface area contributed by atoms with Crippen molar-refractivity contribution in [2.24, 2.45) is 22.2 Å². The highest BCUT2D eigenvalue weighted by Gasteiger charge is 2.43. The molecule has 0 fully saturated rings. The van der Waals surface area contributed by atoms with Crippen LogP contribution in [0, 0.1) is 22.2 Å². The summed E-state index contributed by atoms with van der Waals surface area (Å²) in [6.07, 6.45) is 2.81. The van der Waals surface area contributed by atoms with Gasteiger partial charge >= 0.3 is 11.9 Å². The maximum Gasteiger partial charge on any atom is 0.335 e. The van der Waals surface area contributed by atoms with Crippen molar-refractivity contribution >= 4 is 11.9 Å². The fourth-order valence-electron chi connectivity index (χ4n) is 8.12. The summed E-state index contributed by atoms with van der Waals surface area (Å²) < 4.78 is 0. The van der Waals surface area contributed by atoms with E-state index >= 15 is 0 Å². The second kappa shape index (κ2) is 15.8. The first kappa shape index (κ1) is 38.6. The van der Waals surface area contributed by atoms with E-state index in [-0.39, 0.29) is 34.0 Å². The van der Waals surface area contributed by atoms with Gasteiger partial charge in [-0.05, 0) is 112 Å². The topological polar surface area (TPSA) is 74.6 Å². The first-order valence-corrected chi connectivity index (χ1v) is 18.2. The minimum atomic E-state index is -0.920. The Bertz CT molecular complexity index is 1680. The molecule has 0 aliphatic rings. The van der Waals surface area contributed by atoms with E-state index in [2.05, 4.69) is 123 Å². The fourth-order valence-corrected chi connectivity index (χ4v) is 8.12. The molecule has 0 saturated heterocycles. The third-order valence-corrected chi connectivity index (χ3v) is 11.7. The summed E-state index contributed by atoms with van der Waals surface area (Å²) in [4.78, 5) is 23.5. The predicted molar refractivity (Wildman–Crippen MR) is 206 cm³/mol. The van der Waals surface area contributed by atoms with E-state index in [9.17, 15) is 19.8 Å². The molecule has 0 amide bonds. The van der Waals surface area contributed by atoms with Crippen LogP contribution in [0.15, 0.2) is 109 Å². The van der Waals surface area contributed by atoms with E-state index in [0.717, 1.165) is 30.4 Å². The van der Waals surface area contributed by atoms with Crippen molar-refractivity contribution in [3.8, 4) is 0 Å². The van der Waals surface area contributed by atoms with Gasteiger partial charge in [0.1, 0.15) is 0 Å². The molecule has 4 atom stereocenters. The Morgan fingerprint density at radius 1 is 0.480 bits per heavy atom. The monoisotopic (exact) mass is 674 g/mol. The molecular formula is C46H58O4. The lowest BCUT2D eigenvalue weighted by atomic mass is 9.57. The van der Waals surface area contributed by atoms with Crippen molar-refractivity contribution in [2.75, 3.05) is 0 Å². The smallest absolute Gasteiger partial charge is 0.335 e. The minimum Gasteiger partial charge on any atom is -0.478 e. The molecule has 2 N–H and O–H groups in total. The van der Waals surface area contributed by atoms with Crippen molar-refractivity contribution < 1.29 is 19.8 Å². The largest absolute Gasteiger partial charge is 0.478 e. The van der Waals surface area contributed by atoms with Crippen molar-refractivity contribution in [2.45, 2.75) is 105 Å². The van der Waals surface area contributed by atoms with Crippen LogP contribution in [0.1, 0.15) is 148 Å². The Morgan fingerprint density at radius 2 is 0.840 bits per heavy atom. The number of rotatable bonds is 16. The molecule has 50 heavy (non-hydrogen) atoms. The number of carboxylic acid groups (broad SMARTS) is 2. The van der Waals surface area contributed by atoms with Gasteiger partial charge in [0, 0.05) is 0 Å². The van der Waals surface area contributed by atoms with E-state index in [1.807, 2.05) is 24.3 Å². The highest BCUT2D eigenvalue weighted by atomic mass is 16.4. The van der Waals surface area contributed by atoms with Gasteiger partial charge in [0.2, 0.25) is 0 Å². The highest BCUT2D eigenvalue weighted by molar-refractivity contribution is 5.88. The van der Waals surface area contributed by atoms with Crippen molar-refractivity contribution in [1.29, 1.82) is 0 Å². The van der Waals surface area contributed by atoms with Crippen LogP contribution in [0.2, 0.25) is 0 Å². The summed E-state index contributed by atoms with van der Waals surface area (Å²) in [5.74, 6) is -0.527. The lowest BCUT2D eigenvalue weighted by molar-refractivity contribution is 0.0686. The molecule has 0 aliphatic heterocycles. The van der Waals surface area contributed by atoms with Crippen molar-refractivity contribution in [3.05, 3.63) is 143 Å². The second-order valence-electron chi connectivity index (χ2n) is 16.9. The molecule has 0 aromatic heterocycles. The number of hydrogen-bond acceptors (Lipinski definition) is 2. The Morgan fingerprint density at radius 3 is 1.26 bits per heavy atom. The van der Waals surface area contributed by atoms with Crippen molar-refractivity contribution in [1.82, 2.24) is 0 Å². The molecule has 4 rings (SSSR count). The average Bonchev–Trinajstić information content (AvgIpc) is 3.09. The quantitative estimate of drug-likeness (QED) is 0.124. The Balaban J connectivity index is 1.77. The molecule has 4 unspecified atom stereocenters. The van der Waals surface area contributed by atoms with E-state index in [1.54, 1.807) is 24.3 Å². The molecule has 4 nitrogen and oxygen atoms in total. The van der Waals surface area contributed by atoms with Crippen LogP contribution < -0.4 is 0 Å². The van der Waals surface area contributed by atoms with Crippen LogP contribution in [0.25, 0.3) is 0 Å². The van der Waals surface area contributed by atoms with Gasteiger partial charge < -0.3 is 10.2 Å². The zero-order valence-corrected chi connectivity index (χ0v) is 31.6. The molecule has 0 bridgehead atoms. The van der Waals surface area contributed by atoms with Gasteiger partial charge in [-0.15, -0.1) is 0 Å². The van der Waals surface area contributed by atoms with Gasteiger partial charge in [0.25, 0.3) is 0 Å². The summed E-state index contributed by atoms with van der Waals surface area (Å²) in [5, 5.41) is 19.2. The summed E-state index contributed by atoms with van der Waals surface area (Å²) in [6, 6.07) is 36.7. The molecule has 0 saturated carbocycles. The second-order valence-corrected chi connectivity index (χ2v) is 16.9. The molecule has 266 valence electrons. The average molecular weight is 675 g/mol. The summed E-state index contributed by atoms with van der Waals surface area (Å²) in [6.45, 7) is 21.2. The lowest BCUT2D eigenvalue weighted by Gasteiger charge is -2.47. The molecule has 0 radical (unpaired) electrons. The standard InChI is InChI=1S/C46H58O4/c1-31(2)39(34-20-24-37(25-21-34)42(47)48)28-45(6,7)41(36-22-26-38(27-23-36)43(49)50)30-46(8,9)40(35-18-14-11-15-19-35)29-44(4,5)32(3)33-16-12-10-13-17-33/h10-27,31-32,39-41H,28-30H2,1-9H3,(H,47,48)(H,49,50). The summed E-state index contributed by atoms with van der Waals surface area (Å²) in [5.41, 5.74) is 5.30. The van der Waals surface area contributed by atoms with Crippen LogP contribution >= 0.6 is 0 Å². The number of benzene rings is 4. The van der Waals surface area contributed by atoms with E-state index in [4.69, 9.17) is 0 Å².